The maximum absolute atomic E-state index is 13.3. The van der Waals surface area contributed by atoms with Gasteiger partial charge in [0.2, 0.25) is 0 Å². The minimum Gasteiger partial charge on any atom is -0.506 e. The van der Waals surface area contributed by atoms with Crippen molar-refractivity contribution in [3.63, 3.8) is 0 Å². The van der Waals surface area contributed by atoms with Crippen molar-refractivity contribution in [1.82, 2.24) is 0 Å². The van der Waals surface area contributed by atoms with E-state index in [0.29, 0.717) is 4.47 Å². The maximum atomic E-state index is 13.3. The second-order valence-electron chi connectivity index (χ2n) is 3.47. The number of benzene rings is 1. The number of hydrogen-bond donors (Lipinski definition) is 2. The largest absolute Gasteiger partial charge is 0.506 e. The fraction of sp³-hybridized carbons (Fsp3) is 0.333. The lowest BCUT2D eigenvalue weighted by atomic mass is 9.94. The van der Waals surface area contributed by atoms with E-state index < -0.39 is 11.4 Å². The normalized spacial score (nSPS) is 11.8. The second-order valence-corrected chi connectivity index (χ2v) is 4.33. The summed E-state index contributed by atoms with van der Waals surface area (Å²) in [5.74, 6) is -0.624. The van der Waals surface area contributed by atoms with Gasteiger partial charge in [0.15, 0.2) is 0 Å². The van der Waals surface area contributed by atoms with Crippen molar-refractivity contribution < 1.29 is 9.50 Å². The van der Waals surface area contributed by atoms with Crippen LogP contribution in [0.4, 0.5) is 4.39 Å². The van der Waals surface area contributed by atoms with Gasteiger partial charge in [-0.1, -0.05) is 0 Å². The van der Waals surface area contributed by atoms with Gasteiger partial charge < -0.3 is 10.8 Å². The molecule has 0 aliphatic carbocycles. The fourth-order valence-electron chi connectivity index (χ4n) is 1.15. The summed E-state index contributed by atoms with van der Waals surface area (Å²) in [5.41, 5.74) is 4.94. The molecule has 0 saturated heterocycles. The zero-order valence-electron chi connectivity index (χ0n) is 7.44. The zero-order valence-corrected chi connectivity index (χ0v) is 9.02. The van der Waals surface area contributed by atoms with Gasteiger partial charge in [-0.3, -0.25) is 0 Å². The molecular formula is C9H11BrFNO. The number of nitrogens with two attached hydrogens (primary N) is 1. The Morgan fingerprint density at radius 1 is 1.46 bits per heavy atom. The Bertz CT molecular complexity index is 333. The maximum Gasteiger partial charge on any atom is 0.137 e. The highest BCUT2D eigenvalue weighted by molar-refractivity contribution is 9.10. The molecule has 1 aromatic rings. The first kappa shape index (κ1) is 10.5. The van der Waals surface area contributed by atoms with Crippen LogP contribution in [-0.2, 0) is 5.54 Å². The molecule has 0 aromatic heterocycles. The summed E-state index contributed by atoms with van der Waals surface area (Å²) < 4.78 is 13.7. The van der Waals surface area contributed by atoms with E-state index in [1.807, 2.05) is 0 Å². The lowest BCUT2D eigenvalue weighted by molar-refractivity contribution is 0.418. The third-order valence-electron chi connectivity index (χ3n) is 1.72. The molecule has 0 spiro atoms. The highest BCUT2D eigenvalue weighted by Crippen LogP contribution is 2.35. The first-order valence-corrected chi connectivity index (χ1v) is 4.59. The molecule has 2 nitrogen and oxygen atoms in total. The molecule has 1 aromatic carbocycles. The smallest absolute Gasteiger partial charge is 0.137 e. The number of aromatic hydroxyl groups is 1. The molecule has 13 heavy (non-hydrogen) atoms. The quantitative estimate of drug-likeness (QED) is 0.801. The van der Waals surface area contributed by atoms with Crippen LogP contribution in [0, 0.1) is 5.82 Å². The van der Waals surface area contributed by atoms with Crippen LogP contribution in [0.25, 0.3) is 0 Å². The van der Waals surface area contributed by atoms with Gasteiger partial charge in [0.05, 0.1) is 4.47 Å². The van der Waals surface area contributed by atoms with Crippen LogP contribution in [0.2, 0.25) is 0 Å². The number of phenols is 1. The van der Waals surface area contributed by atoms with E-state index in [0.717, 1.165) is 0 Å². The van der Waals surface area contributed by atoms with Gasteiger partial charge in [0.25, 0.3) is 0 Å². The molecule has 3 N–H and O–H groups in total. The first-order valence-electron chi connectivity index (χ1n) is 3.80. The van der Waals surface area contributed by atoms with Gasteiger partial charge in [0.1, 0.15) is 11.6 Å². The Kier molecular flexibility index (Phi) is 2.63. The Labute approximate surface area is 84.7 Å². The van der Waals surface area contributed by atoms with E-state index in [9.17, 15) is 9.50 Å². The van der Waals surface area contributed by atoms with Crippen molar-refractivity contribution in [1.29, 1.82) is 0 Å². The van der Waals surface area contributed by atoms with E-state index >= 15 is 0 Å². The van der Waals surface area contributed by atoms with E-state index in [1.165, 1.54) is 12.1 Å². The SMILES string of the molecule is CC(C)(N)c1c(F)ccc(Br)c1O. The molecule has 0 unspecified atom stereocenters. The monoisotopic (exact) mass is 247 g/mol. The van der Waals surface area contributed by atoms with Gasteiger partial charge in [-0.25, -0.2) is 4.39 Å². The van der Waals surface area contributed by atoms with Crippen LogP contribution >= 0.6 is 15.9 Å². The summed E-state index contributed by atoms with van der Waals surface area (Å²) in [6, 6.07) is 2.72. The van der Waals surface area contributed by atoms with Crippen LogP contribution in [-0.4, -0.2) is 5.11 Å². The van der Waals surface area contributed by atoms with E-state index in [4.69, 9.17) is 5.73 Å². The molecule has 72 valence electrons. The Hall–Kier alpha value is -0.610. The summed E-state index contributed by atoms with van der Waals surface area (Å²) in [6.45, 7) is 3.27. The average molecular weight is 248 g/mol. The van der Waals surface area contributed by atoms with Crippen molar-refractivity contribution in [2.75, 3.05) is 0 Å². The number of hydrogen-bond acceptors (Lipinski definition) is 2. The molecule has 0 heterocycles. The Morgan fingerprint density at radius 2 is 2.00 bits per heavy atom. The minimum absolute atomic E-state index is 0.127. The van der Waals surface area contributed by atoms with Crippen LogP contribution in [0.1, 0.15) is 19.4 Å². The van der Waals surface area contributed by atoms with Gasteiger partial charge in [0, 0.05) is 11.1 Å². The highest BCUT2D eigenvalue weighted by atomic mass is 79.9. The van der Waals surface area contributed by atoms with Crippen molar-refractivity contribution in [3.8, 4) is 5.75 Å². The Balaban J connectivity index is 3.43. The van der Waals surface area contributed by atoms with E-state index in [-0.39, 0.29) is 11.3 Å². The molecule has 0 atom stereocenters. The molecule has 0 bridgehead atoms. The van der Waals surface area contributed by atoms with Crippen LogP contribution in [0.3, 0.4) is 0 Å². The molecule has 0 saturated carbocycles. The van der Waals surface area contributed by atoms with Gasteiger partial charge in [-0.05, 0) is 41.9 Å². The van der Waals surface area contributed by atoms with Crippen LogP contribution in [0.5, 0.6) is 5.75 Å². The summed E-state index contributed by atoms with van der Waals surface area (Å²) in [6.07, 6.45) is 0. The minimum atomic E-state index is -0.891. The number of phenolic OH excluding ortho intramolecular Hbond substituents is 1. The van der Waals surface area contributed by atoms with E-state index in [1.54, 1.807) is 13.8 Å². The van der Waals surface area contributed by atoms with Crippen molar-refractivity contribution in [2.45, 2.75) is 19.4 Å². The summed E-state index contributed by atoms with van der Waals surface area (Å²) in [4.78, 5) is 0. The third kappa shape index (κ3) is 2.00. The summed E-state index contributed by atoms with van der Waals surface area (Å²) >= 11 is 3.10. The second kappa shape index (κ2) is 3.27. The zero-order chi connectivity index (χ0) is 10.2. The van der Waals surface area contributed by atoms with Crippen molar-refractivity contribution in [3.05, 3.63) is 28.0 Å². The lowest BCUT2D eigenvalue weighted by Crippen LogP contribution is -2.30. The summed E-state index contributed by atoms with van der Waals surface area (Å²) in [5, 5.41) is 9.55. The topological polar surface area (TPSA) is 46.2 Å². The highest BCUT2D eigenvalue weighted by Gasteiger charge is 2.24. The molecule has 0 aliphatic rings. The molecular weight excluding hydrogens is 237 g/mol. The molecule has 0 amide bonds. The number of halogens is 2. The molecule has 4 heteroatoms. The van der Waals surface area contributed by atoms with Crippen LogP contribution < -0.4 is 5.73 Å². The Morgan fingerprint density at radius 3 is 2.38 bits per heavy atom. The van der Waals surface area contributed by atoms with Crippen molar-refractivity contribution >= 4 is 15.9 Å². The molecule has 0 aliphatic heterocycles. The molecule has 1 rings (SSSR count). The standard InChI is InChI=1S/C9H11BrFNO/c1-9(2,12)7-6(11)4-3-5(10)8(7)13/h3-4,13H,12H2,1-2H3. The van der Waals surface area contributed by atoms with Crippen LogP contribution in [0.15, 0.2) is 16.6 Å². The van der Waals surface area contributed by atoms with Gasteiger partial charge in [-0.15, -0.1) is 0 Å². The summed E-state index contributed by atoms with van der Waals surface area (Å²) in [7, 11) is 0. The van der Waals surface area contributed by atoms with E-state index in [2.05, 4.69) is 15.9 Å². The predicted molar refractivity (Wildman–Crippen MR) is 53.0 cm³/mol. The molecule has 0 radical (unpaired) electrons. The molecule has 0 fully saturated rings. The predicted octanol–water partition coefficient (Wildman–Crippen LogP) is 2.49. The lowest BCUT2D eigenvalue weighted by Gasteiger charge is -2.21. The van der Waals surface area contributed by atoms with Gasteiger partial charge in [-0.2, -0.15) is 0 Å². The van der Waals surface area contributed by atoms with Gasteiger partial charge >= 0.3 is 0 Å². The average Bonchev–Trinajstić information content (AvgIpc) is 1.95. The number of rotatable bonds is 1. The van der Waals surface area contributed by atoms with Crippen molar-refractivity contribution in [2.24, 2.45) is 5.73 Å². The fourth-order valence-corrected chi connectivity index (χ4v) is 1.48. The third-order valence-corrected chi connectivity index (χ3v) is 2.36. The first-order chi connectivity index (χ1) is 5.84.